The molecule has 5 nitrogen and oxygen atoms in total. The van der Waals surface area contributed by atoms with Gasteiger partial charge in [0.15, 0.2) is 0 Å². The van der Waals surface area contributed by atoms with E-state index in [-0.39, 0.29) is 6.61 Å². The van der Waals surface area contributed by atoms with E-state index in [0.29, 0.717) is 5.69 Å². The van der Waals surface area contributed by atoms with Crippen LogP contribution in [0.4, 0.5) is 0 Å². The maximum absolute atomic E-state index is 10.7. The Morgan fingerprint density at radius 1 is 1.50 bits per heavy atom. The van der Waals surface area contributed by atoms with Crippen molar-refractivity contribution in [3.8, 4) is 0 Å². The third-order valence-corrected chi connectivity index (χ3v) is 1.96. The zero-order valence-corrected chi connectivity index (χ0v) is 8.02. The van der Waals surface area contributed by atoms with Crippen molar-refractivity contribution in [2.75, 3.05) is 6.61 Å². The molecule has 1 rings (SSSR count). The predicted octanol–water partition coefficient (Wildman–Crippen LogP) is 0.145. The summed E-state index contributed by atoms with van der Waals surface area (Å²) < 4.78 is 1.83. The van der Waals surface area contributed by atoms with Crippen molar-refractivity contribution in [2.24, 2.45) is 5.73 Å². The second kappa shape index (κ2) is 5.39. The Hall–Kier alpha value is -1.36. The van der Waals surface area contributed by atoms with E-state index in [1.165, 1.54) is 0 Å². The zero-order valence-electron chi connectivity index (χ0n) is 8.02. The number of amides is 1. The number of unbranched alkanes of at least 4 members (excludes halogenated alkanes) is 2. The number of hydrogen-bond acceptors (Lipinski definition) is 3. The molecule has 0 spiro atoms. The van der Waals surface area contributed by atoms with Gasteiger partial charge in [0.05, 0.1) is 6.33 Å². The molecule has 0 aromatic carbocycles. The fourth-order valence-corrected chi connectivity index (χ4v) is 1.19. The van der Waals surface area contributed by atoms with Gasteiger partial charge in [-0.25, -0.2) is 4.98 Å². The minimum absolute atomic E-state index is 0.233. The fraction of sp³-hybridized carbons (Fsp3) is 0.556. The number of aliphatic hydroxyl groups excluding tert-OH is 1. The van der Waals surface area contributed by atoms with Gasteiger partial charge in [0.2, 0.25) is 0 Å². The molecule has 78 valence electrons. The molecule has 0 saturated carbocycles. The number of carbonyl (C=O) groups is 1. The highest BCUT2D eigenvalue weighted by Crippen LogP contribution is 2.00. The van der Waals surface area contributed by atoms with Gasteiger partial charge in [-0.05, 0) is 19.3 Å². The van der Waals surface area contributed by atoms with E-state index in [9.17, 15) is 4.79 Å². The fourth-order valence-electron chi connectivity index (χ4n) is 1.19. The molecule has 1 amide bonds. The largest absolute Gasteiger partial charge is 0.396 e. The van der Waals surface area contributed by atoms with Crippen molar-refractivity contribution in [1.29, 1.82) is 0 Å². The molecule has 1 aromatic rings. The molecule has 0 atom stereocenters. The lowest BCUT2D eigenvalue weighted by Crippen LogP contribution is -2.11. The van der Waals surface area contributed by atoms with Crippen LogP contribution >= 0.6 is 0 Å². The summed E-state index contributed by atoms with van der Waals surface area (Å²) >= 11 is 0. The lowest BCUT2D eigenvalue weighted by Gasteiger charge is -1.99. The summed E-state index contributed by atoms with van der Waals surface area (Å²) in [7, 11) is 0. The number of imidazole rings is 1. The average molecular weight is 197 g/mol. The highest BCUT2D eigenvalue weighted by atomic mass is 16.2. The minimum Gasteiger partial charge on any atom is -0.396 e. The Morgan fingerprint density at radius 2 is 2.29 bits per heavy atom. The number of primary amides is 1. The van der Waals surface area contributed by atoms with Crippen LogP contribution in [0.25, 0.3) is 0 Å². The summed E-state index contributed by atoms with van der Waals surface area (Å²) in [6.07, 6.45) is 5.99. The topological polar surface area (TPSA) is 81.1 Å². The molecule has 0 aliphatic carbocycles. The molecule has 1 heterocycles. The number of aromatic nitrogens is 2. The molecule has 1 aromatic heterocycles. The van der Waals surface area contributed by atoms with Crippen molar-refractivity contribution in [3.05, 3.63) is 18.2 Å². The molecule has 0 fully saturated rings. The van der Waals surface area contributed by atoms with Crippen molar-refractivity contribution < 1.29 is 9.90 Å². The third kappa shape index (κ3) is 3.18. The molecule has 0 aliphatic heterocycles. The van der Waals surface area contributed by atoms with E-state index in [1.807, 2.05) is 4.57 Å². The second-order valence-corrected chi connectivity index (χ2v) is 3.15. The van der Waals surface area contributed by atoms with E-state index in [0.717, 1.165) is 25.8 Å². The van der Waals surface area contributed by atoms with Gasteiger partial charge in [0.25, 0.3) is 5.91 Å². The Bertz CT molecular complexity index is 296. The summed E-state index contributed by atoms with van der Waals surface area (Å²) in [6.45, 7) is 1.04. The molecule has 0 bridgehead atoms. The molecule has 14 heavy (non-hydrogen) atoms. The number of nitrogens with zero attached hydrogens (tertiary/aromatic N) is 2. The first kappa shape index (κ1) is 10.7. The van der Waals surface area contributed by atoms with Crippen LogP contribution in [0.5, 0.6) is 0 Å². The van der Waals surface area contributed by atoms with Crippen molar-refractivity contribution >= 4 is 5.91 Å². The molecular weight excluding hydrogens is 182 g/mol. The third-order valence-electron chi connectivity index (χ3n) is 1.96. The van der Waals surface area contributed by atoms with Crippen LogP contribution in [-0.2, 0) is 6.54 Å². The van der Waals surface area contributed by atoms with Gasteiger partial charge in [0, 0.05) is 19.3 Å². The van der Waals surface area contributed by atoms with Crippen LogP contribution in [0, 0.1) is 0 Å². The van der Waals surface area contributed by atoms with Crippen molar-refractivity contribution in [3.63, 3.8) is 0 Å². The van der Waals surface area contributed by atoms with Crippen LogP contribution in [0.2, 0.25) is 0 Å². The molecule has 0 saturated heterocycles. The van der Waals surface area contributed by atoms with Gasteiger partial charge in [0.1, 0.15) is 5.69 Å². The van der Waals surface area contributed by atoms with Gasteiger partial charge in [-0.15, -0.1) is 0 Å². The van der Waals surface area contributed by atoms with E-state index in [1.54, 1.807) is 12.5 Å². The lowest BCUT2D eigenvalue weighted by molar-refractivity contribution is 0.0996. The van der Waals surface area contributed by atoms with Gasteiger partial charge in [-0.1, -0.05) is 0 Å². The molecular formula is C9H15N3O2. The first-order valence-corrected chi connectivity index (χ1v) is 4.66. The Labute approximate surface area is 82.6 Å². The van der Waals surface area contributed by atoms with E-state index < -0.39 is 5.91 Å². The predicted molar refractivity (Wildman–Crippen MR) is 51.7 cm³/mol. The summed E-state index contributed by atoms with van der Waals surface area (Å²) in [5.74, 6) is -0.501. The number of nitrogens with two attached hydrogens (primary N) is 1. The van der Waals surface area contributed by atoms with Crippen LogP contribution < -0.4 is 5.73 Å². The molecule has 5 heteroatoms. The number of carbonyl (C=O) groups excluding carboxylic acids is 1. The van der Waals surface area contributed by atoms with Crippen LogP contribution in [0.15, 0.2) is 12.5 Å². The summed E-state index contributed by atoms with van der Waals surface area (Å²) in [5, 5.41) is 8.56. The maximum atomic E-state index is 10.7. The van der Waals surface area contributed by atoms with Gasteiger partial charge < -0.3 is 15.4 Å². The van der Waals surface area contributed by atoms with Crippen LogP contribution in [0.3, 0.4) is 0 Å². The monoisotopic (exact) mass is 197 g/mol. The molecule has 0 unspecified atom stereocenters. The summed E-state index contributed by atoms with van der Waals surface area (Å²) in [5.41, 5.74) is 5.35. The number of rotatable bonds is 6. The van der Waals surface area contributed by atoms with E-state index in [2.05, 4.69) is 4.98 Å². The number of aliphatic hydroxyl groups is 1. The minimum atomic E-state index is -0.501. The quantitative estimate of drug-likeness (QED) is 0.637. The summed E-state index contributed by atoms with van der Waals surface area (Å²) in [6, 6.07) is 0. The Morgan fingerprint density at radius 3 is 2.86 bits per heavy atom. The number of aryl methyl sites for hydroxylation is 1. The molecule has 0 radical (unpaired) electrons. The number of hydrogen-bond donors (Lipinski definition) is 2. The van der Waals surface area contributed by atoms with Crippen LogP contribution in [-0.4, -0.2) is 27.2 Å². The van der Waals surface area contributed by atoms with E-state index in [4.69, 9.17) is 10.8 Å². The normalized spacial score (nSPS) is 10.4. The highest BCUT2D eigenvalue weighted by Gasteiger charge is 2.03. The smallest absolute Gasteiger partial charge is 0.268 e. The average Bonchev–Trinajstić information content (AvgIpc) is 2.61. The first-order chi connectivity index (χ1) is 6.74. The van der Waals surface area contributed by atoms with Crippen molar-refractivity contribution in [1.82, 2.24) is 9.55 Å². The maximum Gasteiger partial charge on any atom is 0.268 e. The van der Waals surface area contributed by atoms with Gasteiger partial charge >= 0.3 is 0 Å². The van der Waals surface area contributed by atoms with Crippen molar-refractivity contribution in [2.45, 2.75) is 25.8 Å². The molecule has 0 aliphatic rings. The second-order valence-electron chi connectivity index (χ2n) is 3.15. The first-order valence-electron chi connectivity index (χ1n) is 4.66. The Kier molecular flexibility index (Phi) is 4.12. The lowest BCUT2D eigenvalue weighted by atomic mass is 10.2. The molecule has 3 N–H and O–H groups in total. The van der Waals surface area contributed by atoms with Gasteiger partial charge in [-0.3, -0.25) is 4.79 Å². The highest BCUT2D eigenvalue weighted by molar-refractivity contribution is 5.90. The standard InChI is InChI=1S/C9H15N3O2/c10-9(14)8-6-12(7-11-8)4-2-1-3-5-13/h6-7,13H,1-5H2,(H2,10,14). The summed E-state index contributed by atoms with van der Waals surface area (Å²) in [4.78, 5) is 14.6. The van der Waals surface area contributed by atoms with Gasteiger partial charge in [-0.2, -0.15) is 0 Å². The SMILES string of the molecule is NC(=O)c1cn(CCCCCO)cn1. The zero-order chi connectivity index (χ0) is 10.4. The van der Waals surface area contributed by atoms with Crippen LogP contribution in [0.1, 0.15) is 29.8 Å². The Balaban J connectivity index is 2.33. The van der Waals surface area contributed by atoms with E-state index >= 15 is 0 Å².